The van der Waals surface area contributed by atoms with Gasteiger partial charge in [-0.3, -0.25) is 0 Å². The van der Waals surface area contributed by atoms with Gasteiger partial charge < -0.3 is 15.3 Å². The van der Waals surface area contributed by atoms with Gasteiger partial charge >= 0.3 is 6.03 Å². The van der Waals surface area contributed by atoms with Crippen molar-refractivity contribution in [3.05, 3.63) is 15.6 Å². The monoisotopic (exact) mass is 257 g/mol. The van der Waals surface area contributed by atoms with Crippen LogP contribution >= 0.6 is 11.3 Å². The lowest BCUT2D eigenvalue weighted by molar-refractivity contribution is 0.180. The molecule has 0 radical (unpaired) electrons. The van der Waals surface area contributed by atoms with Gasteiger partial charge in [-0.1, -0.05) is 0 Å². The summed E-state index contributed by atoms with van der Waals surface area (Å²) in [5.41, 5.74) is 0.970. The van der Waals surface area contributed by atoms with E-state index in [2.05, 4.69) is 10.3 Å². The van der Waals surface area contributed by atoms with Crippen LogP contribution in [0, 0.1) is 13.8 Å². The maximum atomic E-state index is 11.7. The number of aliphatic hydroxyl groups excluding tert-OH is 1. The van der Waals surface area contributed by atoms with Gasteiger partial charge in [0.2, 0.25) is 0 Å². The van der Waals surface area contributed by atoms with E-state index in [4.69, 9.17) is 5.11 Å². The van der Waals surface area contributed by atoms with Crippen LogP contribution in [0.1, 0.15) is 22.5 Å². The molecule has 6 heteroatoms. The molecule has 0 aromatic carbocycles. The van der Waals surface area contributed by atoms with Gasteiger partial charge in [-0.25, -0.2) is 9.78 Å². The Bertz CT molecular complexity index is 379. The summed E-state index contributed by atoms with van der Waals surface area (Å²) < 4.78 is 0. The van der Waals surface area contributed by atoms with Gasteiger partial charge in [0.05, 0.1) is 23.9 Å². The molecule has 17 heavy (non-hydrogen) atoms. The molecule has 0 saturated heterocycles. The minimum Gasteiger partial charge on any atom is -0.395 e. The number of hydrogen-bond acceptors (Lipinski definition) is 4. The zero-order valence-corrected chi connectivity index (χ0v) is 11.3. The smallest absolute Gasteiger partial charge is 0.317 e. The fraction of sp³-hybridized carbons (Fsp3) is 0.636. The van der Waals surface area contributed by atoms with E-state index >= 15 is 0 Å². The van der Waals surface area contributed by atoms with Crippen molar-refractivity contribution in [2.24, 2.45) is 0 Å². The van der Waals surface area contributed by atoms with Crippen molar-refractivity contribution in [1.82, 2.24) is 15.2 Å². The van der Waals surface area contributed by atoms with E-state index in [1.165, 1.54) is 0 Å². The first kappa shape index (κ1) is 13.9. The molecule has 0 aliphatic carbocycles. The second kappa shape index (κ2) is 6.56. The SMILES string of the molecule is CCN(CCO)C(=O)NCc1sc(C)nc1C. The van der Waals surface area contributed by atoms with Gasteiger partial charge in [0.25, 0.3) is 0 Å². The zero-order chi connectivity index (χ0) is 12.8. The minimum absolute atomic E-state index is 0.0139. The van der Waals surface area contributed by atoms with Crippen LogP contribution in [0.3, 0.4) is 0 Å². The average Bonchev–Trinajstić information content (AvgIpc) is 2.61. The lowest BCUT2D eigenvalue weighted by Gasteiger charge is -2.19. The summed E-state index contributed by atoms with van der Waals surface area (Å²) in [5, 5.41) is 12.7. The van der Waals surface area contributed by atoms with Crippen molar-refractivity contribution < 1.29 is 9.90 Å². The molecule has 0 saturated carbocycles. The highest BCUT2D eigenvalue weighted by molar-refractivity contribution is 7.11. The summed E-state index contributed by atoms with van der Waals surface area (Å²) in [6.45, 7) is 7.22. The Morgan fingerprint density at radius 3 is 2.71 bits per heavy atom. The maximum Gasteiger partial charge on any atom is 0.317 e. The maximum absolute atomic E-state index is 11.7. The number of carbonyl (C=O) groups excluding carboxylic acids is 1. The molecule has 96 valence electrons. The van der Waals surface area contributed by atoms with Crippen molar-refractivity contribution >= 4 is 17.4 Å². The standard InChI is InChI=1S/C11H19N3O2S/c1-4-14(5-6-15)11(16)12-7-10-8(2)13-9(3)17-10/h15H,4-7H2,1-3H3,(H,12,16). The summed E-state index contributed by atoms with van der Waals surface area (Å²) in [7, 11) is 0. The van der Waals surface area contributed by atoms with Gasteiger partial charge in [-0.05, 0) is 20.8 Å². The Labute approximate surface area is 105 Å². The van der Waals surface area contributed by atoms with Gasteiger partial charge in [0.15, 0.2) is 0 Å². The van der Waals surface area contributed by atoms with E-state index in [1.54, 1.807) is 16.2 Å². The Kier molecular flexibility index (Phi) is 5.37. The third kappa shape index (κ3) is 3.98. The van der Waals surface area contributed by atoms with Gasteiger partial charge in [0.1, 0.15) is 0 Å². The number of nitrogens with zero attached hydrogens (tertiary/aromatic N) is 2. The van der Waals surface area contributed by atoms with Crippen LogP contribution in [0.5, 0.6) is 0 Å². The van der Waals surface area contributed by atoms with Crippen LogP contribution in [0.2, 0.25) is 0 Å². The van der Waals surface area contributed by atoms with Crippen molar-refractivity contribution in [2.45, 2.75) is 27.3 Å². The molecular weight excluding hydrogens is 238 g/mol. The topological polar surface area (TPSA) is 65.5 Å². The normalized spacial score (nSPS) is 10.4. The van der Waals surface area contributed by atoms with E-state index in [0.717, 1.165) is 15.6 Å². The van der Waals surface area contributed by atoms with Gasteiger partial charge in [-0.15, -0.1) is 11.3 Å². The summed E-state index contributed by atoms with van der Waals surface area (Å²) in [6.07, 6.45) is 0. The molecule has 0 atom stereocenters. The summed E-state index contributed by atoms with van der Waals surface area (Å²) in [6, 6.07) is -0.146. The number of urea groups is 1. The molecule has 1 rings (SSSR count). The lowest BCUT2D eigenvalue weighted by Crippen LogP contribution is -2.40. The van der Waals surface area contributed by atoms with Crippen molar-refractivity contribution in [3.63, 3.8) is 0 Å². The number of aliphatic hydroxyl groups is 1. The Hall–Kier alpha value is -1.14. The molecule has 2 amide bonds. The third-order valence-corrected chi connectivity index (χ3v) is 3.51. The van der Waals surface area contributed by atoms with Crippen LogP contribution in [0.4, 0.5) is 4.79 Å². The summed E-state index contributed by atoms with van der Waals surface area (Å²) in [5.74, 6) is 0. The lowest BCUT2D eigenvalue weighted by atomic mass is 10.4. The van der Waals surface area contributed by atoms with Crippen molar-refractivity contribution in [1.29, 1.82) is 0 Å². The summed E-state index contributed by atoms with van der Waals surface area (Å²) in [4.78, 5) is 18.7. The van der Waals surface area contributed by atoms with Crippen LogP contribution in [0.25, 0.3) is 0 Å². The molecule has 1 aromatic heterocycles. The second-order valence-electron chi connectivity index (χ2n) is 3.70. The highest BCUT2D eigenvalue weighted by Gasteiger charge is 2.11. The number of rotatable bonds is 5. The molecule has 0 fully saturated rings. The molecule has 5 nitrogen and oxygen atoms in total. The van der Waals surface area contributed by atoms with Crippen LogP contribution in [0.15, 0.2) is 0 Å². The van der Waals surface area contributed by atoms with E-state index in [1.807, 2.05) is 20.8 Å². The number of nitrogens with one attached hydrogen (secondary N) is 1. The molecule has 1 aromatic rings. The quantitative estimate of drug-likeness (QED) is 0.835. The average molecular weight is 257 g/mol. The fourth-order valence-electron chi connectivity index (χ4n) is 1.53. The number of likely N-dealkylation sites (N-methyl/N-ethyl adjacent to an activating group) is 1. The number of carbonyl (C=O) groups is 1. The van der Waals surface area contributed by atoms with Gasteiger partial charge in [0, 0.05) is 18.0 Å². The van der Waals surface area contributed by atoms with Crippen molar-refractivity contribution in [3.8, 4) is 0 Å². The molecule has 0 spiro atoms. The predicted molar refractivity (Wildman–Crippen MR) is 68.2 cm³/mol. The highest BCUT2D eigenvalue weighted by atomic mass is 32.1. The van der Waals surface area contributed by atoms with E-state index in [-0.39, 0.29) is 12.6 Å². The van der Waals surface area contributed by atoms with E-state index in [9.17, 15) is 4.79 Å². The second-order valence-corrected chi connectivity index (χ2v) is 4.99. The minimum atomic E-state index is -0.146. The Morgan fingerprint density at radius 2 is 2.24 bits per heavy atom. The predicted octanol–water partition coefficient (Wildman–Crippen LogP) is 1.28. The Balaban J connectivity index is 2.49. The van der Waals surface area contributed by atoms with E-state index in [0.29, 0.717) is 19.6 Å². The Morgan fingerprint density at radius 1 is 1.53 bits per heavy atom. The number of thiazole rings is 1. The number of aromatic nitrogens is 1. The molecule has 0 aliphatic heterocycles. The molecule has 1 heterocycles. The van der Waals surface area contributed by atoms with Crippen LogP contribution in [-0.4, -0.2) is 40.7 Å². The molecule has 0 bridgehead atoms. The van der Waals surface area contributed by atoms with Crippen LogP contribution < -0.4 is 5.32 Å². The van der Waals surface area contributed by atoms with E-state index < -0.39 is 0 Å². The molecule has 0 unspecified atom stereocenters. The van der Waals surface area contributed by atoms with Crippen molar-refractivity contribution in [2.75, 3.05) is 19.7 Å². The first-order valence-corrected chi connectivity index (χ1v) is 6.46. The number of hydrogen-bond donors (Lipinski definition) is 2. The number of aryl methyl sites for hydroxylation is 2. The van der Waals surface area contributed by atoms with Gasteiger partial charge in [-0.2, -0.15) is 0 Å². The van der Waals surface area contributed by atoms with Crippen LogP contribution in [-0.2, 0) is 6.54 Å². The molecule has 2 N–H and O–H groups in total. The highest BCUT2D eigenvalue weighted by Crippen LogP contribution is 2.16. The fourth-order valence-corrected chi connectivity index (χ4v) is 2.41. The first-order valence-electron chi connectivity index (χ1n) is 5.65. The molecule has 0 aliphatic rings. The number of amides is 2. The molecular formula is C11H19N3O2S. The largest absolute Gasteiger partial charge is 0.395 e. The third-order valence-electron chi connectivity index (χ3n) is 2.44. The first-order chi connectivity index (χ1) is 8.08. The zero-order valence-electron chi connectivity index (χ0n) is 10.5. The summed E-state index contributed by atoms with van der Waals surface area (Å²) >= 11 is 1.60.